The molecule has 1 nitrogen and oxygen atoms in total. The molecule has 0 spiro atoms. The normalized spacial score (nSPS) is 10.5. The summed E-state index contributed by atoms with van der Waals surface area (Å²) in [4.78, 5) is 0. The van der Waals surface area contributed by atoms with E-state index in [2.05, 4.69) is 75.2 Å². The Morgan fingerprint density at radius 1 is 0.889 bits per heavy atom. The second kappa shape index (κ2) is 5.81. The summed E-state index contributed by atoms with van der Waals surface area (Å²) in [5, 5.41) is 4.92. The van der Waals surface area contributed by atoms with Crippen molar-refractivity contribution in [2.45, 2.75) is 6.54 Å². The molecule has 1 aromatic heterocycles. The van der Waals surface area contributed by atoms with Crippen LogP contribution >= 0.6 is 15.9 Å². The van der Waals surface area contributed by atoms with Crippen molar-refractivity contribution in [2.75, 3.05) is 5.33 Å². The molecule has 0 aliphatic rings. The zero-order valence-corrected chi connectivity index (χ0v) is 13.0. The van der Waals surface area contributed by atoms with E-state index in [9.17, 15) is 0 Å². The molecule has 0 saturated carbocycles. The maximum atomic E-state index is 3.52. The summed E-state index contributed by atoms with van der Waals surface area (Å²) in [5.74, 6) is 0. The maximum Gasteiger partial charge on any atom is 0.213 e. The molecule has 2 aromatic carbocycles. The third-order valence-electron chi connectivity index (χ3n) is 3.08. The Hall–Kier alpha value is -0.930. The van der Waals surface area contributed by atoms with Gasteiger partial charge in [0.1, 0.15) is 0 Å². The third-order valence-corrected chi connectivity index (χ3v) is 3.44. The third kappa shape index (κ3) is 2.29. The summed E-state index contributed by atoms with van der Waals surface area (Å²) in [5.41, 5.74) is 1.30. The van der Waals surface area contributed by atoms with Crippen LogP contribution < -0.4 is 21.5 Å². The van der Waals surface area contributed by atoms with Crippen molar-refractivity contribution in [3.8, 4) is 0 Å². The highest BCUT2D eigenvalue weighted by atomic mass is 79.9. The number of aryl methyl sites for hydroxylation is 1. The van der Waals surface area contributed by atoms with Crippen molar-refractivity contribution < 1.29 is 21.5 Å². The Kier molecular flexibility index (Phi) is 4.36. The molecule has 0 N–H and O–H groups in total. The van der Waals surface area contributed by atoms with Crippen LogP contribution in [0.2, 0.25) is 0 Å². The van der Waals surface area contributed by atoms with Crippen molar-refractivity contribution in [2.24, 2.45) is 0 Å². The zero-order valence-electron chi connectivity index (χ0n) is 9.81. The van der Waals surface area contributed by atoms with E-state index in [1.54, 1.807) is 0 Å². The predicted molar refractivity (Wildman–Crippen MR) is 75.4 cm³/mol. The van der Waals surface area contributed by atoms with Gasteiger partial charge < -0.3 is 17.0 Å². The fourth-order valence-corrected chi connectivity index (χ4v) is 2.70. The van der Waals surface area contributed by atoms with Crippen LogP contribution in [-0.4, -0.2) is 5.33 Å². The lowest BCUT2D eigenvalue weighted by molar-refractivity contribution is -0.665. The lowest BCUT2D eigenvalue weighted by atomic mass is 10.1. The van der Waals surface area contributed by atoms with E-state index in [4.69, 9.17) is 0 Å². The van der Waals surface area contributed by atoms with E-state index in [0.717, 1.165) is 11.9 Å². The SMILES string of the molecule is BrCC[n+]1cc2ccccc2c2ccccc21.[Br-]. The van der Waals surface area contributed by atoms with Gasteiger partial charge in [0.2, 0.25) is 5.52 Å². The minimum Gasteiger partial charge on any atom is -1.00 e. The second-order valence-corrected chi connectivity index (χ2v) is 4.91. The predicted octanol–water partition coefficient (Wildman–Crippen LogP) is 0.679. The first-order chi connectivity index (χ1) is 8.40. The van der Waals surface area contributed by atoms with Crippen LogP contribution in [-0.2, 0) is 6.54 Å². The number of hydrogen-bond donors (Lipinski definition) is 0. The van der Waals surface area contributed by atoms with Crippen LogP contribution in [0.15, 0.2) is 54.7 Å². The molecule has 0 bridgehead atoms. The Morgan fingerprint density at radius 3 is 2.33 bits per heavy atom. The summed E-state index contributed by atoms with van der Waals surface area (Å²) in [7, 11) is 0. The van der Waals surface area contributed by atoms with Gasteiger partial charge in [0, 0.05) is 16.8 Å². The summed E-state index contributed by atoms with van der Waals surface area (Å²) in [6.45, 7) is 0.991. The highest BCUT2D eigenvalue weighted by Crippen LogP contribution is 2.21. The number of halogens is 2. The van der Waals surface area contributed by atoms with Crippen LogP contribution in [0.25, 0.3) is 21.7 Å². The summed E-state index contributed by atoms with van der Waals surface area (Å²) < 4.78 is 2.31. The number of pyridine rings is 1. The van der Waals surface area contributed by atoms with E-state index in [1.165, 1.54) is 21.7 Å². The Bertz CT molecular complexity index is 679. The smallest absolute Gasteiger partial charge is 0.213 e. The molecular weight excluding hydrogens is 354 g/mol. The number of hydrogen-bond acceptors (Lipinski definition) is 0. The van der Waals surface area contributed by atoms with E-state index in [1.807, 2.05) is 0 Å². The molecule has 92 valence electrons. The highest BCUT2D eigenvalue weighted by molar-refractivity contribution is 9.09. The van der Waals surface area contributed by atoms with Gasteiger partial charge in [-0.1, -0.05) is 46.3 Å². The van der Waals surface area contributed by atoms with Crippen LogP contribution in [0.3, 0.4) is 0 Å². The zero-order chi connectivity index (χ0) is 11.7. The van der Waals surface area contributed by atoms with Crippen LogP contribution in [0.4, 0.5) is 0 Å². The van der Waals surface area contributed by atoms with Crippen LogP contribution in [0, 0.1) is 0 Å². The topological polar surface area (TPSA) is 3.88 Å². The molecule has 3 aromatic rings. The number of benzene rings is 2. The minimum atomic E-state index is 0. The van der Waals surface area contributed by atoms with E-state index < -0.39 is 0 Å². The Balaban J connectivity index is 0.00000120. The Morgan fingerprint density at radius 2 is 1.56 bits per heavy atom. The molecule has 0 fully saturated rings. The van der Waals surface area contributed by atoms with Gasteiger partial charge in [-0.15, -0.1) is 0 Å². The fourth-order valence-electron chi connectivity index (χ4n) is 2.32. The number of alkyl halides is 1. The number of aromatic nitrogens is 1. The first kappa shape index (κ1) is 13.5. The molecule has 0 unspecified atom stereocenters. The molecule has 0 radical (unpaired) electrons. The quantitative estimate of drug-likeness (QED) is 0.357. The largest absolute Gasteiger partial charge is 1.00 e. The highest BCUT2D eigenvalue weighted by Gasteiger charge is 2.11. The van der Waals surface area contributed by atoms with Gasteiger partial charge in [-0.05, 0) is 12.1 Å². The first-order valence-corrected chi connectivity index (χ1v) is 6.88. The number of rotatable bonds is 2. The van der Waals surface area contributed by atoms with Gasteiger partial charge >= 0.3 is 0 Å². The number of nitrogens with zero attached hydrogens (tertiary/aromatic N) is 1. The van der Waals surface area contributed by atoms with Crippen LogP contribution in [0.5, 0.6) is 0 Å². The molecule has 18 heavy (non-hydrogen) atoms. The van der Waals surface area contributed by atoms with Gasteiger partial charge in [-0.25, -0.2) is 0 Å². The first-order valence-electron chi connectivity index (χ1n) is 5.76. The van der Waals surface area contributed by atoms with Gasteiger partial charge in [0.05, 0.1) is 10.7 Å². The monoisotopic (exact) mass is 365 g/mol. The molecule has 3 heteroatoms. The Labute approximate surface area is 125 Å². The van der Waals surface area contributed by atoms with Crippen molar-refractivity contribution in [1.29, 1.82) is 0 Å². The average Bonchev–Trinajstić information content (AvgIpc) is 2.39. The fraction of sp³-hybridized carbons (Fsp3) is 0.133. The molecule has 0 atom stereocenters. The van der Waals surface area contributed by atoms with Gasteiger partial charge in [-0.2, -0.15) is 4.57 Å². The van der Waals surface area contributed by atoms with Crippen molar-refractivity contribution in [1.82, 2.24) is 0 Å². The standard InChI is InChI=1S/C15H13BrN.BrH/c16-9-10-17-11-12-5-1-2-6-13(12)14-7-3-4-8-15(14)17;/h1-8,11H,9-10H2;1H/q+1;/p-1. The molecule has 1 heterocycles. The van der Waals surface area contributed by atoms with E-state index in [-0.39, 0.29) is 17.0 Å². The summed E-state index contributed by atoms with van der Waals surface area (Å²) in [6, 6.07) is 17.1. The average molecular weight is 367 g/mol. The minimum absolute atomic E-state index is 0. The van der Waals surface area contributed by atoms with Gasteiger partial charge in [0.15, 0.2) is 12.7 Å². The van der Waals surface area contributed by atoms with E-state index in [0.29, 0.717) is 0 Å². The summed E-state index contributed by atoms with van der Waals surface area (Å²) in [6.07, 6.45) is 2.24. The lowest BCUT2D eigenvalue weighted by Gasteiger charge is -2.04. The molecule has 0 amide bonds. The van der Waals surface area contributed by atoms with E-state index >= 15 is 0 Å². The second-order valence-electron chi connectivity index (χ2n) is 4.12. The molecular formula is C15H13Br2N. The maximum absolute atomic E-state index is 3.52. The number of para-hydroxylation sites is 1. The summed E-state index contributed by atoms with van der Waals surface area (Å²) >= 11 is 3.52. The molecule has 0 aliphatic heterocycles. The van der Waals surface area contributed by atoms with Crippen LogP contribution in [0.1, 0.15) is 0 Å². The lowest BCUT2D eigenvalue weighted by Crippen LogP contribution is -3.00. The number of fused-ring (bicyclic) bond motifs is 3. The van der Waals surface area contributed by atoms with Crippen molar-refractivity contribution in [3.63, 3.8) is 0 Å². The molecule has 3 rings (SSSR count). The van der Waals surface area contributed by atoms with Crippen molar-refractivity contribution >= 4 is 37.6 Å². The molecule has 0 aliphatic carbocycles. The van der Waals surface area contributed by atoms with Gasteiger partial charge in [-0.3, -0.25) is 0 Å². The molecule has 0 saturated heterocycles. The van der Waals surface area contributed by atoms with Gasteiger partial charge in [0.25, 0.3) is 0 Å². The van der Waals surface area contributed by atoms with Crippen molar-refractivity contribution in [3.05, 3.63) is 54.7 Å².